The minimum absolute atomic E-state index is 0.212. The van der Waals surface area contributed by atoms with Crippen molar-refractivity contribution >= 4 is 21.6 Å². The maximum atomic E-state index is 12.1. The Labute approximate surface area is 117 Å². The highest BCUT2D eigenvalue weighted by molar-refractivity contribution is 7.89. The molecule has 19 heavy (non-hydrogen) atoms. The summed E-state index contributed by atoms with van der Waals surface area (Å²) < 4.78 is 26.7. The Hall–Kier alpha value is -1.43. The van der Waals surface area contributed by atoms with Gasteiger partial charge in [-0.1, -0.05) is 11.6 Å². The topological polar surface area (TPSA) is 59.1 Å². The second-order valence-electron chi connectivity index (χ2n) is 4.09. The third-order valence-electron chi connectivity index (χ3n) is 2.66. The number of nitrogens with zero attached hydrogens (tertiary/aromatic N) is 1. The van der Waals surface area contributed by atoms with Gasteiger partial charge in [-0.2, -0.15) is 0 Å². The number of hydrogen-bond acceptors (Lipinski definition) is 3. The van der Waals surface area contributed by atoms with Gasteiger partial charge in [0.1, 0.15) is 0 Å². The van der Waals surface area contributed by atoms with Crippen molar-refractivity contribution in [3.05, 3.63) is 58.9 Å². The second kappa shape index (κ2) is 5.69. The summed E-state index contributed by atoms with van der Waals surface area (Å²) in [6.45, 7) is 2.00. The summed E-state index contributed by atoms with van der Waals surface area (Å²) in [4.78, 5) is 4.09. The molecule has 1 N–H and O–H groups in total. The van der Waals surface area contributed by atoms with E-state index in [9.17, 15) is 8.42 Å². The van der Waals surface area contributed by atoms with E-state index in [0.29, 0.717) is 5.02 Å². The Kier molecular flexibility index (Phi) is 4.19. The van der Waals surface area contributed by atoms with Crippen molar-refractivity contribution in [1.29, 1.82) is 0 Å². The van der Waals surface area contributed by atoms with E-state index in [1.807, 2.05) is 0 Å². The molecule has 4 nitrogen and oxygen atoms in total. The van der Waals surface area contributed by atoms with Gasteiger partial charge in [0.25, 0.3) is 0 Å². The molecule has 0 unspecified atom stereocenters. The van der Waals surface area contributed by atoms with Crippen LogP contribution in [-0.2, 0) is 16.6 Å². The monoisotopic (exact) mass is 296 g/mol. The summed E-state index contributed by atoms with van der Waals surface area (Å²) in [6.07, 6.45) is 3.24. The number of halogens is 1. The standard InChI is InChI=1S/C13H13ClN2O2S/c1-10-8-12(2-3-13(10)14)19(17,18)16-9-11-4-6-15-7-5-11/h2-8,16H,9H2,1H3. The highest BCUT2D eigenvalue weighted by Gasteiger charge is 2.14. The lowest BCUT2D eigenvalue weighted by Crippen LogP contribution is -2.23. The highest BCUT2D eigenvalue weighted by Crippen LogP contribution is 2.19. The van der Waals surface area contributed by atoms with E-state index in [2.05, 4.69) is 9.71 Å². The largest absolute Gasteiger partial charge is 0.265 e. The first-order valence-corrected chi connectivity index (χ1v) is 7.50. The van der Waals surface area contributed by atoms with Gasteiger partial charge < -0.3 is 0 Å². The smallest absolute Gasteiger partial charge is 0.240 e. The Bertz CT molecular complexity index is 672. The number of nitrogens with one attached hydrogen (secondary N) is 1. The van der Waals surface area contributed by atoms with Crippen molar-refractivity contribution in [3.63, 3.8) is 0 Å². The molecule has 2 rings (SSSR count). The molecule has 0 bridgehead atoms. The molecule has 100 valence electrons. The van der Waals surface area contributed by atoms with Gasteiger partial charge in [0.2, 0.25) is 10.0 Å². The van der Waals surface area contributed by atoms with E-state index in [1.165, 1.54) is 6.07 Å². The van der Waals surface area contributed by atoms with Crippen LogP contribution in [0, 0.1) is 6.92 Å². The molecule has 0 aliphatic rings. The molecule has 1 aromatic carbocycles. The fourth-order valence-corrected chi connectivity index (χ4v) is 2.77. The van der Waals surface area contributed by atoms with Gasteiger partial charge in [0, 0.05) is 24.0 Å². The van der Waals surface area contributed by atoms with E-state index >= 15 is 0 Å². The van der Waals surface area contributed by atoms with Gasteiger partial charge in [-0.15, -0.1) is 0 Å². The predicted molar refractivity (Wildman–Crippen MR) is 74.5 cm³/mol. The Balaban J connectivity index is 2.16. The summed E-state index contributed by atoms with van der Waals surface area (Å²) in [6, 6.07) is 8.14. The van der Waals surface area contributed by atoms with Crippen molar-refractivity contribution in [1.82, 2.24) is 9.71 Å². The van der Waals surface area contributed by atoms with Crippen molar-refractivity contribution in [2.45, 2.75) is 18.4 Å². The first-order valence-electron chi connectivity index (χ1n) is 5.64. The molecule has 6 heteroatoms. The van der Waals surface area contributed by atoms with Crippen molar-refractivity contribution in [3.8, 4) is 0 Å². The van der Waals surface area contributed by atoms with E-state index in [1.54, 1.807) is 43.6 Å². The minimum atomic E-state index is -3.53. The lowest BCUT2D eigenvalue weighted by Gasteiger charge is -2.08. The van der Waals surface area contributed by atoms with E-state index in [4.69, 9.17) is 11.6 Å². The SMILES string of the molecule is Cc1cc(S(=O)(=O)NCc2ccncc2)ccc1Cl. The highest BCUT2D eigenvalue weighted by atomic mass is 35.5. The first-order chi connectivity index (χ1) is 8.99. The van der Waals surface area contributed by atoms with Crippen LogP contribution in [0.15, 0.2) is 47.6 Å². The normalized spacial score (nSPS) is 11.5. The number of benzene rings is 1. The van der Waals surface area contributed by atoms with Crippen molar-refractivity contribution in [2.75, 3.05) is 0 Å². The number of aryl methyl sites for hydroxylation is 1. The summed E-state index contributed by atoms with van der Waals surface area (Å²) >= 11 is 5.88. The third kappa shape index (κ3) is 3.53. The first kappa shape index (κ1) is 14.0. The summed E-state index contributed by atoms with van der Waals surface area (Å²) in [5.41, 5.74) is 1.58. The average molecular weight is 297 g/mol. The number of sulfonamides is 1. The summed E-state index contributed by atoms with van der Waals surface area (Å²) in [5, 5.41) is 0.549. The third-order valence-corrected chi connectivity index (χ3v) is 4.48. The second-order valence-corrected chi connectivity index (χ2v) is 6.27. The van der Waals surface area contributed by atoms with Gasteiger partial charge >= 0.3 is 0 Å². The van der Waals surface area contributed by atoms with Crippen LogP contribution in [0.1, 0.15) is 11.1 Å². The average Bonchev–Trinajstić information content (AvgIpc) is 2.41. The van der Waals surface area contributed by atoms with Crippen molar-refractivity contribution < 1.29 is 8.42 Å². The number of rotatable bonds is 4. The fraction of sp³-hybridized carbons (Fsp3) is 0.154. The molecule has 0 amide bonds. The quantitative estimate of drug-likeness (QED) is 0.943. The van der Waals surface area contributed by atoms with Crippen LogP contribution in [0.5, 0.6) is 0 Å². The molecule has 1 heterocycles. The Morgan fingerprint density at radius 2 is 1.89 bits per heavy atom. The van der Waals surface area contributed by atoms with Crippen LogP contribution >= 0.6 is 11.6 Å². The van der Waals surface area contributed by atoms with Crippen LogP contribution in [0.25, 0.3) is 0 Å². The van der Waals surface area contributed by atoms with Crippen LogP contribution in [0.2, 0.25) is 5.02 Å². The van der Waals surface area contributed by atoms with E-state index < -0.39 is 10.0 Å². The molecular formula is C13H13ClN2O2S. The molecule has 1 aromatic heterocycles. The summed E-state index contributed by atoms with van der Waals surface area (Å²) in [5.74, 6) is 0. The fourth-order valence-electron chi connectivity index (χ4n) is 1.55. The maximum Gasteiger partial charge on any atom is 0.240 e. The number of aromatic nitrogens is 1. The maximum absolute atomic E-state index is 12.1. The van der Waals surface area contributed by atoms with Gasteiger partial charge in [-0.25, -0.2) is 13.1 Å². The molecule has 0 aliphatic carbocycles. The molecule has 0 aliphatic heterocycles. The van der Waals surface area contributed by atoms with E-state index in [-0.39, 0.29) is 11.4 Å². The zero-order chi connectivity index (χ0) is 13.9. The number of hydrogen-bond donors (Lipinski definition) is 1. The van der Waals surface area contributed by atoms with Gasteiger partial charge in [-0.3, -0.25) is 4.98 Å². The number of pyridine rings is 1. The van der Waals surface area contributed by atoms with Crippen LogP contribution in [-0.4, -0.2) is 13.4 Å². The molecule has 0 radical (unpaired) electrons. The van der Waals surface area contributed by atoms with Gasteiger partial charge in [0.05, 0.1) is 4.90 Å². The molecule has 0 saturated carbocycles. The zero-order valence-corrected chi connectivity index (χ0v) is 11.9. The molecule has 0 saturated heterocycles. The Morgan fingerprint density at radius 1 is 1.21 bits per heavy atom. The minimum Gasteiger partial charge on any atom is -0.265 e. The lowest BCUT2D eigenvalue weighted by molar-refractivity contribution is 0.581. The van der Waals surface area contributed by atoms with Crippen LogP contribution in [0.4, 0.5) is 0 Å². The molecule has 2 aromatic rings. The van der Waals surface area contributed by atoms with Crippen molar-refractivity contribution in [2.24, 2.45) is 0 Å². The van der Waals surface area contributed by atoms with Gasteiger partial charge in [0.15, 0.2) is 0 Å². The summed E-state index contributed by atoms with van der Waals surface area (Å²) in [7, 11) is -3.53. The zero-order valence-electron chi connectivity index (χ0n) is 10.3. The van der Waals surface area contributed by atoms with Gasteiger partial charge in [-0.05, 0) is 48.4 Å². The molecule has 0 spiro atoms. The van der Waals surface area contributed by atoms with E-state index in [0.717, 1.165) is 11.1 Å². The predicted octanol–water partition coefficient (Wildman–Crippen LogP) is 2.52. The molecule has 0 atom stereocenters. The van der Waals surface area contributed by atoms with Crippen LogP contribution < -0.4 is 4.72 Å². The molecule has 0 fully saturated rings. The molecular weight excluding hydrogens is 284 g/mol. The Morgan fingerprint density at radius 3 is 2.53 bits per heavy atom. The lowest BCUT2D eigenvalue weighted by atomic mass is 10.2. The van der Waals surface area contributed by atoms with Crippen LogP contribution in [0.3, 0.4) is 0 Å².